The second-order valence-electron chi connectivity index (χ2n) is 3.10. The summed E-state index contributed by atoms with van der Waals surface area (Å²) in [6.45, 7) is 0.877. The van der Waals surface area contributed by atoms with Crippen molar-refractivity contribution < 1.29 is 23.4 Å². The molecule has 0 saturated carbocycles. The van der Waals surface area contributed by atoms with Crippen LogP contribution in [0.3, 0.4) is 0 Å². The molecule has 0 rings (SSSR count). The highest BCUT2D eigenvalue weighted by atomic mass is 32.2. The number of hydrogen-bond donors (Lipinski definition) is 4. The fourth-order valence-corrected chi connectivity index (χ4v) is 1.36. The lowest BCUT2D eigenvalue weighted by Gasteiger charge is -2.20. The number of carboxylic acid groups (broad SMARTS) is 1. The maximum absolute atomic E-state index is 10.9. The van der Waals surface area contributed by atoms with Gasteiger partial charge in [-0.1, -0.05) is 0 Å². The van der Waals surface area contributed by atoms with Gasteiger partial charge in [0.05, 0.1) is 12.0 Å². The number of aliphatic carboxylic acids is 1. The number of carboxylic acids is 1. The van der Waals surface area contributed by atoms with Gasteiger partial charge in [0.15, 0.2) is 0 Å². The van der Waals surface area contributed by atoms with E-state index in [0.29, 0.717) is 0 Å². The van der Waals surface area contributed by atoms with E-state index in [4.69, 9.17) is 5.11 Å². The molecule has 0 radical (unpaired) electrons. The minimum absolute atomic E-state index is 0.359. The third kappa shape index (κ3) is 5.86. The van der Waals surface area contributed by atoms with E-state index in [2.05, 4.69) is 0 Å². The largest absolute Gasteiger partial charge is 0.481 e. The summed E-state index contributed by atoms with van der Waals surface area (Å²) in [6, 6.07) is 0. The van der Waals surface area contributed by atoms with Crippen molar-refractivity contribution in [3.05, 3.63) is 0 Å². The van der Waals surface area contributed by atoms with Gasteiger partial charge in [-0.3, -0.25) is 4.79 Å². The molecule has 0 spiro atoms. The number of aliphatic hydroxyl groups is 1. The standard InChI is InChI=1S/C6H14N2O5S/c1-6(11,3-5(9)10)4-8-14(12,13)7-2/h7-8,11H,3-4H2,1-2H3,(H,9,10). The molecule has 1 unspecified atom stereocenters. The minimum atomic E-state index is -3.64. The van der Waals surface area contributed by atoms with Gasteiger partial charge in [0.25, 0.3) is 10.2 Å². The Hall–Kier alpha value is -0.700. The van der Waals surface area contributed by atoms with Crippen LogP contribution in [0.2, 0.25) is 0 Å². The molecule has 0 aliphatic rings. The molecule has 4 N–H and O–H groups in total. The molecule has 7 nitrogen and oxygen atoms in total. The lowest BCUT2D eigenvalue weighted by atomic mass is 10.0. The summed E-state index contributed by atoms with van der Waals surface area (Å²) in [5, 5.41) is 17.8. The topological polar surface area (TPSA) is 116 Å². The molecule has 0 amide bonds. The first-order valence-corrected chi connectivity index (χ1v) is 5.29. The van der Waals surface area contributed by atoms with E-state index >= 15 is 0 Å². The molecule has 1 atom stereocenters. The lowest BCUT2D eigenvalue weighted by Crippen LogP contribution is -2.45. The average Bonchev–Trinajstić information content (AvgIpc) is 1.99. The van der Waals surface area contributed by atoms with E-state index in [9.17, 15) is 18.3 Å². The van der Waals surface area contributed by atoms with Gasteiger partial charge in [-0.15, -0.1) is 0 Å². The molecular formula is C6H14N2O5S. The molecule has 0 aromatic carbocycles. The highest BCUT2D eigenvalue weighted by molar-refractivity contribution is 7.87. The predicted molar refractivity (Wildman–Crippen MR) is 48.9 cm³/mol. The molecule has 0 aliphatic carbocycles. The summed E-state index contributed by atoms with van der Waals surface area (Å²) < 4.78 is 25.7. The number of nitrogens with one attached hydrogen (secondary N) is 2. The molecule has 0 aromatic rings. The van der Waals surface area contributed by atoms with Crippen molar-refractivity contribution in [1.82, 2.24) is 9.44 Å². The van der Waals surface area contributed by atoms with Crippen LogP contribution in [-0.4, -0.2) is 43.8 Å². The Morgan fingerprint density at radius 2 is 2.00 bits per heavy atom. The van der Waals surface area contributed by atoms with Crippen molar-refractivity contribution in [3.8, 4) is 0 Å². The monoisotopic (exact) mass is 226 g/mol. The summed E-state index contributed by atoms with van der Waals surface area (Å²) in [5.74, 6) is -1.20. The van der Waals surface area contributed by atoms with Crippen molar-refractivity contribution in [3.63, 3.8) is 0 Å². The Morgan fingerprint density at radius 3 is 2.36 bits per heavy atom. The molecule has 14 heavy (non-hydrogen) atoms. The number of hydrogen-bond acceptors (Lipinski definition) is 4. The molecule has 0 fully saturated rings. The Labute approximate surface area is 82.3 Å². The molecule has 0 aliphatic heterocycles. The van der Waals surface area contributed by atoms with Gasteiger partial charge in [0.1, 0.15) is 0 Å². The van der Waals surface area contributed by atoms with Crippen molar-refractivity contribution in [2.45, 2.75) is 18.9 Å². The van der Waals surface area contributed by atoms with Crippen LogP contribution in [-0.2, 0) is 15.0 Å². The van der Waals surface area contributed by atoms with Gasteiger partial charge in [-0.25, -0.2) is 4.72 Å². The van der Waals surface area contributed by atoms with E-state index in [1.165, 1.54) is 14.0 Å². The van der Waals surface area contributed by atoms with Crippen molar-refractivity contribution in [2.75, 3.05) is 13.6 Å². The Morgan fingerprint density at radius 1 is 1.50 bits per heavy atom. The third-order valence-corrected chi connectivity index (χ3v) is 2.51. The quantitative estimate of drug-likeness (QED) is 0.429. The highest BCUT2D eigenvalue weighted by Crippen LogP contribution is 2.07. The first kappa shape index (κ1) is 13.3. The highest BCUT2D eigenvalue weighted by Gasteiger charge is 2.25. The molecule has 0 bridgehead atoms. The minimum Gasteiger partial charge on any atom is -0.481 e. The Bertz CT molecular complexity index is 297. The van der Waals surface area contributed by atoms with Crippen LogP contribution in [0.5, 0.6) is 0 Å². The first-order valence-electron chi connectivity index (χ1n) is 3.81. The summed E-state index contributed by atoms with van der Waals surface area (Å²) in [7, 11) is -2.44. The second-order valence-corrected chi connectivity index (χ2v) is 4.80. The number of rotatable bonds is 6. The summed E-state index contributed by atoms with van der Waals surface area (Å²) >= 11 is 0. The molecular weight excluding hydrogens is 212 g/mol. The number of carbonyl (C=O) groups is 1. The van der Waals surface area contributed by atoms with Crippen LogP contribution >= 0.6 is 0 Å². The van der Waals surface area contributed by atoms with E-state index in [1.54, 1.807) is 0 Å². The fourth-order valence-electron chi connectivity index (χ4n) is 0.711. The van der Waals surface area contributed by atoms with Gasteiger partial charge in [0, 0.05) is 13.6 Å². The van der Waals surface area contributed by atoms with Gasteiger partial charge in [-0.2, -0.15) is 13.1 Å². The van der Waals surface area contributed by atoms with Gasteiger partial charge >= 0.3 is 5.97 Å². The van der Waals surface area contributed by atoms with Crippen molar-refractivity contribution in [1.29, 1.82) is 0 Å². The predicted octanol–water partition coefficient (Wildman–Crippen LogP) is -1.73. The second kappa shape index (κ2) is 4.69. The molecule has 8 heteroatoms. The van der Waals surface area contributed by atoms with Crippen LogP contribution < -0.4 is 9.44 Å². The van der Waals surface area contributed by atoms with E-state index in [0.717, 1.165) is 0 Å². The van der Waals surface area contributed by atoms with Crippen molar-refractivity contribution in [2.24, 2.45) is 0 Å². The van der Waals surface area contributed by atoms with E-state index in [1.807, 2.05) is 9.44 Å². The maximum Gasteiger partial charge on any atom is 0.306 e. The van der Waals surface area contributed by atoms with Crippen LogP contribution in [0.4, 0.5) is 0 Å². The SMILES string of the molecule is CNS(=O)(=O)NCC(C)(O)CC(=O)O. The Balaban J connectivity index is 4.18. The van der Waals surface area contributed by atoms with Crippen LogP contribution in [0.1, 0.15) is 13.3 Å². The third-order valence-electron chi connectivity index (χ3n) is 1.44. The maximum atomic E-state index is 10.9. The molecule has 0 aromatic heterocycles. The molecule has 84 valence electrons. The zero-order chi connectivity index (χ0) is 11.4. The lowest BCUT2D eigenvalue weighted by molar-refractivity contribution is -0.141. The van der Waals surface area contributed by atoms with Gasteiger partial charge in [0.2, 0.25) is 0 Å². The summed E-state index contributed by atoms with van der Waals surface area (Å²) in [5.41, 5.74) is -1.60. The first-order chi connectivity index (χ1) is 6.18. The smallest absolute Gasteiger partial charge is 0.306 e. The van der Waals surface area contributed by atoms with E-state index < -0.39 is 28.2 Å². The van der Waals surface area contributed by atoms with Crippen LogP contribution in [0.25, 0.3) is 0 Å². The van der Waals surface area contributed by atoms with Crippen LogP contribution in [0, 0.1) is 0 Å². The summed E-state index contributed by atoms with van der Waals surface area (Å²) in [6.07, 6.45) is -0.529. The van der Waals surface area contributed by atoms with Gasteiger partial charge < -0.3 is 10.2 Å². The average molecular weight is 226 g/mol. The zero-order valence-corrected chi connectivity index (χ0v) is 8.76. The van der Waals surface area contributed by atoms with E-state index in [-0.39, 0.29) is 6.54 Å². The van der Waals surface area contributed by atoms with Gasteiger partial charge in [-0.05, 0) is 6.92 Å². The molecule has 0 saturated heterocycles. The molecule has 0 heterocycles. The normalized spacial score (nSPS) is 16.2. The Kier molecular flexibility index (Phi) is 4.46. The zero-order valence-electron chi connectivity index (χ0n) is 7.94. The van der Waals surface area contributed by atoms with Crippen LogP contribution in [0.15, 0.2) is 0 Å². The fraction of sp³-hybridized carbons (Fsp3) is 0.833. The summed E-state index contributed by atoms with van der Waals surface area (Å²) in [4.78, 5) is 10.3. The van der Waals surface area contributed by atoms with Crippen molar-refractivity contribution >= 4 is 16.2 Å².